The van der Waals surface area contributed by atoms with Gasteiger partial charge in [-0.3, -0.25) is 0 Å². The number of oxime groups is 1. The van der Waals surface area contributed by atoms with E-state index in [1.807, 2.05) is 36.4 Å². The van der Waals surface area contributed by atoms with Crippen LogP contribution in [-0.4, -0.2) is 18.8 Å². The Kier molecular flexibility index (Phi) is 6.84. The summed E-state index contributed by atoms with van der Waals surface area (Å²) in [7, 11) is 1.54. The molecule has 8 heteroatoms. The van der Waals surface area contributed by atoms with Crippen molar-refractivity contribution in [2.75, 3.05) is 7.11 Å². The van der Waals surface area contributed by atoms with Gasteiger partial charge in [0, 0.05) is 21.2 Å². The van der Waals surface area contributed by atoms with Gasteiger partial charge in [0.05, 0.1) is 17.2 Å². The maximum absolute atomic E-state index is 12.3. The summed E-state index contributed by atoms with van der Waals surface area (Å²) < 4.78 is 12.1. The van der Waals surface area contributed by atoms with Crippen molar-refractivity contribution < 1.29 is 19.1 Å². The number of carbonyl (C=O) groups excluding carboxylic acids is 1. The number of rotatable bonds is 6. The fourth-order valence-electron chi connectivity index (χ4n) is 3.13. The molecule has 0 amide bonds. The molecule has 4 rings (SSSR count). The number of hydrogen-bond acceptors (Lipinski definition) is 5. The average molecular weight is 533 g/mol. The van der Waals surface area contributed by atoms with Crippen LogP contribution < -0.4 is 9.47 Å². The molecule has 0 saturated heterocycles. The van der Waals surface area contributed by atoms with Crippen molar-refractivity contribution in [3.05, 3.63) is 97.4 Å². The second-order valence-electron chi connectivity index (χ2n) is 6.80. The molecule has 1 aliphatic heterocycles. The summed E-state index contributed by atoms with van der Waals surface area (Å²) in [6.45, 7) is 0.225. The Morgan fingerprint density at radius 1 is 1.09 bits per heavy atom. The van der Waals surface area contributed by atoms with Crippen molar-refractivity contribution in [1.29, 1.82) is 0 Å². The van der Waals surface area contributed by atoms with Crippen molar-refractivity contribution in [3.63, 3.8) is 0 Å². The predicted molar refractivity (Wildman–Crippen MR) is 129 cm³/mol. The fourth-order valence-corrected chi connectivity index (χ4v) is 4.17. The van der Waals surface area contributed by atoms with E-state index in [1.54, 1.807) is 37.5 Å². The molecule has 32 heavy (non-hydrogen) atoms. The van der Waals surface area contributed by atoms with Crippen LogP contribution in [-0.2, 0) is 16.2 Å². The zero-order chi connectivity index (χ0) is 22.7. The molecule has 0 bridgehead atoms. The van der Waals surface area contributed by atoms with Gasteiger partial charge < -0.3 is 14.3 Å². The van der Waals surface area contributed by atoms with Crippen LogP contribution in [0.5, 0.6) is 11.5 Å². The lowest BCUT2D eigenvalue weighted by Gasteiger charge is -2.14. The molecule has 0 N–H and O–H groups in total. The number of carbonyl (C=O) groups is 1. The second kappa shape index (κ2) is 9.77. The Bertz CT molecular complexity index is 1240. The monoisotopic (exact) mass is 531 g/mol. The zero-order valence-electron chi connectivity index (χ0n) is 16.8. The Morgan fingerprint density at radius 2 is 1.88 bits per heavy atom. The highest BCUT2D eigenvalue weighted by molar-refractivity contribution is 9.10. The molecule has 0 radical (unpaired) electrons. The largest absolute Gasteiger partial charge is 0.493 e. The fraction of sp³-hybridized carbons (Fsp3) is 0.0833. The summed E-state index contributed by atoms with van der Waals surface area (Å²) in [6, 6.07) is 18.2. The quantitative estimate of drug-likeness (QED) is 0.262. The van der Waals surface area contributed by atoms with Crippen LogP contribution >= 0.6 is 39.1 Å². The summed E-state index contributed by atoms with van der Waals surface area (Å²) in [4.78, 5) is 17.2. The van der Waals surface area contributed by atoms with E-state index in [4.69, 9.17) is 37.5 Å². The lowest BCUT2D eigenvalue weighted by Crippen LogP contribution is -2.06. The number of nitrogens with zero attached hydrogens (tertiary/aromatic N) is 1. The van der Waals surface area contributed by atoms with Crippen molar-refractivity contribution in [2.45, 2.75) is 6.61 Å². The summed E-state index contributed by atoms with van der Waals surface area (Å²) in [5.74, 6) is 0.476. The molecule has 0 aliphatic carbocycles. The van der Waals surface area contributed by atoms with Crippen LogP contribution in [0.3, 0.4) is 0 Å². The van der Waals surface area contributed by atoms with Gasteiger partial charge in [0.2, 0.25) is 0 Å². The highest BCUT2D eigenvalue weighted by Gasteiger charge is 2.27. The molecule has 1 heterocycles. The number of halogens is 3. The van der Waals surface area contributed by atoms with E-state index in [0.717, 1.165) is 11.1 Å². The third-order valence-corrected chi connectivity index (χ3v) is 5.87. The van der Waals surface area contributed by atoms with Gasteiger partial charge in [-0.2, -0.15) is 0 Å². The number of methoxy groups -OCH3 is 1. The highest BCUT2D eigenvalue weighted by Crippen LogP contribution is 2.38. The Hall–Kier alpha value is -2.80. The number of hydrogen-bond donors (Lipinski definition) is 0. The molecule has 1 aliphatic rings. The average Bonchev–Trinajstić information content (AvgIpc) is 3.14. The topological polar surface area (TPSA) is 57.1 Å². The van der Waals surface area contributed by atoms with Crippen molar-refractivity contribution in [3.8, 4) is 11.5 Å². The molecule has 3 aromatic rings. The van der Waals surface area contributed by atoms with Crippen LogP contribution in [0.25, 0.3) is 6.08 Å². The molecule has 0 unspecified atom stereocenters. The smallest absolute Gasteiger partial charge is 0.368 e. The Balaban J connectivity index is 1.63. The van der Waals surface area contributed by atoms with Crippen LogP contribution in [0, 0.1) is 0 Å². The first-order valence-electron chi connectivity index (χ1n) is 9.47. The highest BCUT2D eigenvalue weighted by atomic mass is 79.9. The van der Waals surface area contributed by atoms with Gasteiger partial charge in [-0.15, -0.1) is 0 Å². The predicted octanol–water partition coefficient (Wildman–Crippen LogP) is 6.69. The Morgan fingerprint density at radius 3 is 2.59 bits per heavy atom. The SMILES string of the molecule is COc1cc(/C=C2\C(=O)ON=C2c2ccccc2)cc(Br)c1OCc1ccc(Cl)cc1Cl. The molecule has 0 aromatic heterocycles. The van der Waals surface area contributed by atoms with Gasteiger partial charge in [-0.1, -0.05) is 64.8 Å². The minimum absolute atomic E-state index is 0.225. The van der Waals surface area contributed by atoms with E-state index < -0.39 is 5.97 Å². The zero-order valence-corrected chi connectivity index (χ0v) is 19.9. The molecule has 162 valence electrons. The number of ether oxygens (including phenoxy) is 2. The van der Waals surface area contributed by atoms with Crippen LogP contribution in [0.1, 0.15) is 16.7 Å². The molecule has 3 aromatic carbocycles. The van der Waals surface area contributed by atoms with Gasteiger partial charge in [-0.05, 0) is 51.8 Å². The maximum atomic E-state index is 12.3. The summed E-state index contributed by atoms with van der Waals surface area (Å²) >= 11 is 15.7. The standard InChI is InChI=1S/C24H16BrCl2NO4/c1-30-21-11-14(9-18-22(28-32-24(18)29)15-5-3-2-4-6-15)10-19(25)23(21)31-13-16-7-8-17(26)12-20(16)27/h2-12H,13H2,1H3/b18-9-. The van der Waals surface area contributed by atoms with Crippen LogP contribution in [0.4, 0.5) is 0 Å². The normalized spacial score (nSPS) is 14.3. The lowest BCUT2D eigenvalue weighted by molar-refractivity contribution is -0.136. The molecule has 0 fully saturated rings. The van der Waals surface area contributed by atoms with Gasteiger partial charge >= 0.3 is 5.97 Å². The Labute approximate surface area is 203 Å². The minimum atomic E-state index is -0.517. The minimum Gasteiger partial charge on any atom is -0.493 e. The lowest BCUT2D eigenvalue weighted by atomic mass is 10.0. The van der Waals surface area contributed by atoms with E-state index in [2.05, 4.69) is 21.1 Å². The third kappa shape index (κ3) is 4.83. The van der Waals surface area contributed by atoms with Crippen LogP contribution in [0.2, 0.25) is 10.0 Å². The summed E-state index contributed by atoms with van der Waals surface area (Å²) in [5, 5.41) is 5.00. The van der Waals surface area contributed by atoms with Gasteiger partial charge in [0.15, 0.2) is 11.5 Å². The molecule has 0 spiro atoms. The summed E-state index contributed by atoms with van der Waals surface area (Å²) in [6.07, 6.45) is 1.70. The van der Waals surface area contributed by atoms with Gasteiger partial charge in [0.25, 0.3) is 0 Å². The maximum Gasteiger partial charge on any atom is 0.368 e. The van der Waals surface area contributed by atoms with E-state index in [-0.39, 0.29) is 6.61 Å². The molecular formula is C24H16BrCl2NO4. The molecular weight excluding hydrogens is 517 g/mol. The molecule has 0 saturated carbocycles. The second-order valence-corrected chi connectivity index (χ2v) is 8.50. The number of benzene rings is 3. The van der Waals surface area contributed by atoms with Gasteiger partial charge in [0.1, 0.15) is 12.3 Å². The first-order valence-corrected chi connectivity index (χ1v) is 11.0. The van der Waals surface area contributed by atoms with Crippen molar-refractivity contribution in [2.24, 2.45) is 5.16 Å². The molecule has 0 atom stereocenters. The molecule has 5 nitrogen and oxygen atoms in total. The first-order chi connectivity index (χ1) is 15.5. The van der Waals surface area contributed by atoms with Crippen molar-refractivity contribution >= 4 is 56.9 Å². The summed E-state index contributed by atoms with van der Waals surface area (Å²) in [5.41, 5.74) is 3.11. The van der Waals surface area contributed by atoms with Crippen LogP contribution in [0.15, 0.2) is 75.9 Å². The van der Waals surface area contributed by atoms with E-state index in [0.29, 0.717) is 42.9 Å². The van der Waals surface area contributed by atoms with E-state index in [9.17, 15) is 4.79 Å². The third-order valence-electron chi connectivity index (χ3n) is 4.69. The van der Waals surface area contributed by atoms with E-state index >= 15 is 0 Å². The van der Waals surface area contributed by atoms with E-state index in [1.165, 1.54) is 0 Å². The van der Waals surface area contributed by atoms with Crippen molar-refractivity contribution in [1.82, 2.24) is 0 Å². The van der Waals surface area contributed by atoms with Gasteiger partial charge in [-0.25, -0.2) is 4.79 Å². The first kappa shape index (κ1) is 22.4.